The molecule has 0 fully saturated rings. The van der Waals surface area contributed by atoms with E-state index in [-0.39, 0.29) is 17.5 Å². The Bertz CT molecular complexity index is 346. The van der Waals surface area contributed by atoms with Gasteiger partial charge in [0.25, 0.3) is 0 Å². The molecular formula is C10H12O4. The van der Waals surface area contributed by atoms with Crippen LogP contribution >= 0.6 is 0 Å². The molecular weight excluding hydrogens is 184 g/mol. The predicted octanol–water partition coefficient (Wildman–Crippen LogP) is 1.37. The first-order valence-electron chi connectivity index (χ1n) is 4.16. The second-order valence-corrected chi connectivity index (χ2v) is 2.99. The van der Waals surface area contributed by atoms with Crippen molar-refractivity contribution in [3.05, 3.63) is 23.8 Å². The quantitative estimate of drug-likeness (QED) is 0.553. The largest absolute Gasteiger partial charge is 0.504 e. The van der Waals surface area contributed by atoms with E-state index in [0.717, 1.165) is 0 Å². The number of esters is 1. The zero-order valence-electron chi connectivity index (χ0n) is 8.02. The molecule has 0 radical (unpaired) electrons. The Hall–Kier alpha value is -1.71. The molecule has 0 aliphatic heterocycles. The Morgan fingerprint density at radius 1 is 1.36 bits per heavy atom. The Morgan fingerprint density at radius 3 is 2.50 bits per heavy atom. The Labute approximate surface area is 81.8 Å². The van der Waals surface area contributed by atoms with Crippen molar-refractivity contribution in [2.45, 2.75) is 12.8 Å². The number of aromatic hydroxyl groups is 2. The molecule has 0 heterocycles. The third kappa shape index (κ3) is 1.96. The van der Waals surface area contributed by atoms with Crippen molar-refractivity contribution in [1.82, 2.24) is 0 Å². The lowest BCUT2D eigenvalue weighted by atomic mass is 10.0. The SMILES string of the molecule is COC(=O)C(C)c1ccc(O)c(O)c1. The van der Waals surface area contributed by atoms with Gasteiger partial charge < -0.3 is 14.9 Å². The summed E-state index contributed by atoms with van der Waals surface area (Å²) in [5.74, 6) is -1.27. The molecule has 0 spiro atoms. The van der Waals surface area contributed by atoms with Crippen LogP contribution in [-0.2, 0) is 9.53 Å². The van der Waals surface area contributed by atoms with Crippen molar-refractivity contribution in [3.8, 4) is 11.5 Å². The Morgan fingerprint density at radius 2 is 2.00 bits per heavy atom. The van der Waals surface area contributed by atoms with Crippen LogP contribution in [0.15, 0.2) is 18.2 Å². The summed E-state index contributed by atoms with van der Waals surface area (Å²) in [6.07, 6.45) is 0. The highest BCUT2D eigenvalue weighted by Crippen LogP contribution is 2.28. The number of carbonyl (C=O) groups excluding carboxylic acids is 1. The van der Waals surface area contributed by atoms with Crippen LogP contribution in [0.5, 0.6) is 11.5 Å². The van der Waals surface area contributed by atoms with Crippen molar-refractivity contribution < 1.29 is 19.7 Å². The summed E-state index contributed by atoms with van der Waals surface area (Å²) in [4.78, 5) is 11.1. The van der Waals surface area contributed by atoms with Gasteiger partial charge in [0.05, 0.1) is 13.0 Å². The third-order valence-corrected chi connectivity index (χ3v) is 2.05. The van der Waals surface area contributed by atoms with Gasteiger partial charge in [-0.05, 0) is 24.6 Å². The molecule has 2 N–H and O–H groups in total. The van der Waals surface area contributed by atoms with Crippen LogP contribution in [0, 0.1) is 0 Å². The number of phenols is 2. The highest BCUT2D eigenvalue weighted by Gasteiger charge is 2.16. The number of phenolic OH excluding ortho intramolecular Hbond substituents is 2. The lowest BCUT2D eigenvalue weighted by Crippen LogP contribution is -2.10. The molecule has 1 unspecified atom stereocenters. The fourth-order valence-corrected chi connectivity index (χ4v) is 1.12. The van der Waals surface area contributed by atoms with E-state index in [2.05, 4.69) is 4.74 Å². The number of hydrogen-bond acceptors (Lipinski definition) is 4. The standard InChI is InChI=1S/C10H12O4/c1-6(10(13)14-2)7-3-4-8(11)9(12)5-7/h3-6,11-12H,1-2H3. The van der Waals surface area contributed by atoms with Gasteiger partial charge in [-0.2, -0.15) is 0 Å². The summed E-state index contributed by atoms with van der Waals surface area (Å²) in [6, 6.07) is 4.25. The first kappa shape index (κ1) is 10.4. The van der Waals surface area contributed by atoms with Gasteiger partial charge in [-0.25, -0.2) is 0 Å². The molecule has 0 saturated heterocycles. The predicted molar refractivity (Wildman–Crippen MR) is 50.2 cm³/mol. The Kier molecular flexibility index (Phi) is 2.96. The summed E-state index contributed by atoms with van der Waals surface area (Å²) in [5.41, 5.74) is 0.604. The molecule has 14 heavy (non-hydrogen) atoms. The average molecular weight is 196 g/mol. The number of ether oxygens (including phenoxy) is 1. The normalized spacial score (nSPS) is 12.1. The maximum Gasteiger partial charge on any atom is 0.312 e. The highest BCUT2D eigenvalue weighted by molar-refractivity contribution is 5.77. The van der Waals surface area contributed by atoms with Crippen LogP contribution < -0.4 is 0 Å². The molecule has 0 aliphatic carbocycles. The van der Waals surface area contributed by atoms with Crippen LogP contribution in [0.3, 0.4) is 0 Å². The maximum absolute atomic E-state index is 11.1. The van der Waals surface area contributed by atoms with E-state index >= 15 is 0 Å². The van der Waals surface area contributed by atoms with Crippen molar-refractivity contribution in [3.63, 3.8) is 0 Å². The van der Waals surface area contributed by atoms with E-state index in [9.17, 15) is 9.90 Å². The summed E-state index contributed by atoms with van der Waals surface area (Å²) >= 11 is 0. The highest BCUT2D eigenvalue weighted by atomic mass is 16.5. The van der Waals surface area contributed by atoms with Crippen molar-refractivity contribution in [2.75, 3.05) is 7.11 Å². The van der Waals surface area contributed by atoms with Crippen LogP contribution in [0.1, 0.15) is 18.4 Å². The number of methoxy groups -OCH3 is 1. The number of benzene rings is 1. The molecule has 0 aromatic heterocycles. The van der Waals surface area contributed by atoms with Gasteiger partial charge in [0.1, 0.15) is 0 Å². The van der Waals surface area contributed by atoms with Crippen LogP contribution in [0.4, 0.5) is 0 Å². The van der Waals surface area contributed by atoms with Gasteiger partial charge in [0.15, 0.2) is 11.5 Å². The van der Waals surface area contributed by atoms with E-state index in [0.29, 0.717) is 5.56 Å². The molecule has 4 nitrogen and oxygen atoms in total. The molecule has 1 aromatic rings. The zero-order chi connectivity index (χ0) is 10.7. The van der Waals surface area contributed by atoms with E-state index in [1.54, 1.807) is 13.0 Å². The summed E-state index contributed by atoms with van der Waals surface area (Å²) < 4.78 is 4.55. The van der Waals surface area contributed by atoms with E-state index in [4.69, 9.17) is 5.11 Å². The maximum atomic E-state index is 11.1. The summed E-state index contributed by atoms with van der Waals surface area (Å²) in [7, 11) is 1.30. The van der Waals surface area contributed by atoms with Crippen LogP contribution in [0.2, 0.25) is 0 Å². The van der Waals surface area contributed by atoms with Crippen molar-refractivity contribution in [1.29, 1.82) is 0 Å². The van der Waals surface area contributed by atoms with Crippen molar-refractivity contribution >= 4 is 5.97 Å². The average Bonchev–Trinajstić information content (AvgIpc) is 2.20. The molecule has 0 bridgehead atoms. The fraction of sp³-hybridized carbons (Fsp3) is 0.300. The third-order valence-electron chi connectivity index (χ3n) is 2.05. The topological polar surface area (TPSA) is 66.8 Å². The molecule has 1 aromatic carbocycles. The smallest absolute Gasteiger partial charge is 0.312 e. The molecule has 1 rings (SSSR count). The minimum absolute atomic E-state index is 0.203. The van der Waals surface area contributed by atoms with Crippen LogP contribution in [-0.4, -0.2) is 23.3 Å². The second kappa shape index (κ2) is 4.00. The fourth-order valence-electron chi connectivity index (χ4n) is 1.12. The zero-order valence-corrected chi connectivity index (χ0v) is 8.02. The molecule has 0 saturated carbocycles. The molecule has 1 atom stereocenters. The lowest BCUT2D eigenvalue weighted by molar-refractivity contribution is -0.141. The van der Waals surface area contributed by atoms with Gasteiger partial charge in [-0.15, -0.1) is 0 Å². The number of hydrogen-bond donors (Lipinski definition) is 2. The van der Waals surface area contributed by atoms with Gasteiger partial charge >= 0.3 is 5.97 Å². The first-order valence-corrected chi connectivity index (χ1v) is 4.16. The molecule has 0 aliphatic rings. The molecule has 0 amide bonds. The summed E-state index contributed by atoms with van der Waals surface area (Å²) in [5, 5.41) is 18.3. The van der Waals surface area contributed by atoms with E-state index in [1.807, 2.05) is 0 Å². The van der Waals surface area contributed by atoms with E-state index < -0.39 is 5.92 Å². The van der Waals surface area contributed by atoms with Gasteiger partial charge in [-0.1, -0.05) is 6.07 Å². The van der Waals surface area contributed by atoms with Crippen LogP contribution in [0.25, 0.3) is 0 Å². The monoisotopic (exact) mass is 196 g/mol. The minimum atomic E-state index is -0.452. The van der Waals surface area contributed by atoms with E-state index in [1.165, 1.54) is 19.2 Å². The number of rotatable bonds is 2. The second-order valence-electron chi connectivity index (χ2n) is 2.99. The minimum Gasteiger partial charge on any atom is -0.504 e. The Balaban J connectivity index is 2.96. The van der Waals surface area contributed by atoms with Gasteiger partial charge in [-0.3, -0.25) is 4.79 Å². The number of carbonyl (C=O) groups is 1. The van der Waals surface area contributed by atoms with Gasteiger partial charge in [0, 0.05) is 0 Å². The molecule has 4 heteroatoms. The summed E-state index contributed by atoms with van der Waals surface area (Å²) in [6.45, 7) is 1.66. The molecule has 76 valence electrons. The first-order chi connectivity index (χ1) is 6.56. The van der Waals surface area contributed by atoms with Crippen molar-refractivity contribution in [2.24, 2.45) is 0 Å². The van der Waals surface area contributed by atoms with Gasteiger partial charge in [0.2, 0.25) is 0 Å². The lowest BCUT2D eigenvalue weighted by Gasteiger charge is -2.09.